The van der Waals surface area contributed by atoms with Gasteiger partial charge in [-0.25, -0.2) is 18.3 Å². The number of benzene rings is 2. The van der Waals surface area contributed by atoms with Crippen LogP contribution in [0.4, 0.5) is 13.6 Å². The standard InChI is InChI=1S/C29H27F2N3O6/c30-20-9-4-8-19(24(20)31)23(17-6-2-1-3-7-17)25-21-10-5-13-33(21)28(36)26-27(22(35)16-32-34(25)26)40-29(37)39-18-11-14-38-15-12-18/h1-4,6-9,16,18,21,23,25H,5,10-15H2/t21-,23-,25-/m1/s1. The van der Waals surface area contributed by atoms with Crippen LogP contribution in [0.2, 0.25) is 0 Å². The lowest BCUT2D eigenvalue weighted by Gasteiger charge is -2.42. The third-order valence-corrected chi connectivity index (χ3v) is 7.84. The molecule has 3 aromatic rings. The molecule has 0 N–H and O–H groups in total. The largest absolute Gasteiger partial charge is 0.514 e. The molecule has 3 aliphatic rings. The molecule has 2 aromatic carbocycles. The number of nitrogens with zero attached hydrogens (tertiary/aromatic N) is 3. The van der Waals surface area contributed by atoms with Crippen LogP contribution < -0.4 is 10.2 Å². The van der Waals surface area contributed by atoms with E-state index in [9.17, 15) is 18.8 Å². The Kier molecular flexibility index (Phi) is 7.05. The van der Waals surface area contributed by atoms with Gasteiger partial charge in [-0.05, 0) is 24.5 Å². The number of ether oxygens (including phenoxy) is 3. The highest BCUT2D eigenvalue weighted by molar-refractivity contribution is 5.97. The zero-order chi connectivity index (χ0) is 27.8. The first-order valence-electron chi connectivity index (χ1n) is 13.3. The van der Waals surface area contributed by atoms with E-state index in [2.05, 4.69) is 5.10 Å². The molecular weight excluding hydrogens is 524 g/mol. The Morgan fingerprint density at radius 2 is 1.80 bits per heavy atom. The van der Waals surface area contributed by atoms with Gasteiger partial charge in [-0.2, -0.15) is 5.10 Å². The predicted octanol–water partition coefficient (Wildman–Crippen LogP) is 4.21. The lowest BCUT2D eigenvalue weighted by Crippen LogP contribution is -2.51. The van der Waals surface area contributed by atoms with Gasteiger partial charge in [0.1, 0.15) is 6.10 Å². The minimum Gasteiger partial charge on any atom is -0.430 e. The van der Waals surface area contributed by atoms with Crippen LogP contribution in [-0.2, 0) is 9.47 Å². The van der Waals surface area contributed by atoms with E-state index in [1.165, 1.54) is 16.8 Å². The Morgan fingerprint density at radius 1 is 1.02 bits per heavy atom. The Labute approximate surface area is 228 Å². The average molecular weight is 552 g/mol. The Morgan fingerprint density at radius 3 is 2.58 bits per heavy atom. The fraction of sp³-hybridized carbons (Fsp3) is 0.379. The van der Waals surface area contributed by atoms with Crippen molar-refractivity contribution in [3.63, 3.8) is 0 Å². The van der Waals surface area contributed by atoms with Crippen LogP contribution in [0, 0.1) is 11.6 Å². The highest BCUT2D eigenvalue weighted by Gasteiger charge is 2.49. The number of halogens is 2. The molecular formula is C29H27F2N3O6. The fourth-order valence-corrected chi connectivity index (χ4v) is 6.05. The van der Waals surface area contributed by atoms with Gasteiger partial charge in [0, 0.05) is 30.9 Å². The molecule has 3 atom stereocenters. The van der Waals surface area contributed by atoms with E-state index < -0.39 is 59.0 Å². The molecule has 4 heterocycles. The summed E-state index contributed by atoms with van der Waals surface area (Å²) in [5, 5.41) is 4.31. The van der Waals surface area contributed by atoms with E-state index in [1.807, 2.05) is 6.07 Å². The monoisotopic (exact) mass is 551 g/mol. The Bertz CT molecular complexity index is 1490. The summed E-state index contributed by atoms with van der Waals surface area (Å²) in [5.41, 5.74) is -0.235. The van der Waals surface area contributed by atoms with Crippen LogP contribution in [0.3, 0.4) is 0 Å². The number of rotatable bonds is 5. The average Bonchev–Trinajstić information content (AvgIpc) is 3.45. The van der Waals surface area contributed by atoms with Crippen LogP contribution in [0.25, 0.3) is 0 Å². The number of carbonyl (C=O) groups excluding carboxylic acids is 2. The second kappa shape index (κ2) is 10.8. The molecule has 1 aromatic heterocycles. The van der Waals surface area contributed by atoms with Gasteiger partial charge in [-0.15, -0.1) is 0 Å². The van der Waals surface area contributed by atoms with Gasteiger partial charge in [0.25, 0.3) is 5.91 Å². The molecule has 40 heavy (non-hydrogen) atoms. The first-order valence-corrected chi connectivity index (χ1v) is 13.3. The lowest BCUT2D eigenvalue weighted by atomic mass is 9.79. The van der Waals surface area contributed by atoms with Gasteiger partial charge in [0.05, 0.1) is 31.5 Å². The number of amides is 1. The fourth-order valence-electron chi connectivity index (χ4n) is 6.05. The van der Waals surface area contributed by atoms with E-state index in [0.29, 0.717) is 51.0 Å². The van der Waals surface area contributed by atoms with Gasteiger partial charge in [0.2, 0.25) is 11.2 Å². The zero-order valence-electron chi connectivity index (χ0n) is 21.5. The summed E-state index contributed by atoms with van der Waals surface area (Å²) in [6, 6.07) is 11.8. The van der Waals surface area contributed by atoms with Crippen molar-refractivity contribution in [2.24, 2.45) is 0 Å². The van der Waals surface area contributed by atoms with Crippen molar-refractivity contribution in [1.29, 1.82) is 0 Å². The molecule has 1 amide bonds. The van der Waals surface area contributed by atoms with Crippen molar-refractivity contribution < 1.29 is 32.6 Å². The summed E-state index contributed by atoms with van der Waals surface area (Å²) < 4.78 is 47.3. The zero-order valence-corrected chi connectivity index (χ0v) is 21.5. The molecule has 0 unspecified atom stereocenters. The normalized spacial score (nSPS) is 21.4. The molecule has 0 radical (unpaired) electrons. The molecule has 9 nitrogen and oxygen atoms in total. The maximum Gasteiger partial charge on any atom is 0.514 e. The third-order valence-electron chi connectivity index (χ3n) is 7.84. The first-order chi connectivity index (χ1) is 19.4. The van der Waals surface area contributed by atoms with Gasteiger partial charge >= 0.3 is 6.16 Å². The third kappa shape index (κ3) is 4.64. The predicted molar refractivity (Wildman–Crippen MR) is 137 cm³/mol. The topological polar surface area (TPSA) is 100.0 Å². The number of hydrogen-bond donors (Lipinski definition) is 0. The van der Waals surface area contributed by atoms with E-state index in [4.69, 9.17) is 14.2 Å². The molecule has 208 valence electrons. The Balaban J connectivity index is 1.48. The number of fused-ring (bicyclic) bond motifs is 2. The minimum atomic E-state index is -1.11. The SMILES string of the molecule is O=C(Oc1c2n(ncc1=O)[C@@H]([C@H](c1ccccc1)c1cccc(F)c1F)[C@H]1CCCN1C2=O)OC1CCOCC1. The molecule has 2 saturated heterocycles. The molecule has 0 spiro atoms. The van der Waals surface area contributed by atoms with E-state index >= 15 is 4.39 Å². The summed E-state index contributed by atoms with van der Waals surface area (Å²) in [4.78, 5) is 41.0. The van der Waals surface area contributed by atoms with Crippen molar-refractivity contribution >= 4 is 12.1 Å². The summed E-state index contributed by atoms with van der Waals surface area (Å²) in [7, 11) is 0. The maximum absolute atomic E-state index is 15.4. The molecule has 2 fully saturated rings. The Hall–Kier alpha value is -4.12. The van der Waals surface area contributed by atoms with Crippen LogP contribution in [-0.4, -0.2) is 58.6 Å². The van der Waals surface area contributed by atoms with Gasteiger partial charge < -0.3 is 19.1 Å². The highest BCUT2D eigenvalue weighted by Crippen LogP contribution is 2.46. The van der Waals surface area contributed by atoms with Crippen molar-refractivity contribution in [2.45, 2.75) is 49.8 Å². The van der Waals surface area contributed by atoms with Crippen molar-refractivity contribution in [3.05, 3.63) is 93.4 Å². The quantitative estimate of drug-likeness (QED) is 0.438. The molecule has 0 bridgehead atoms. The molecule has 3 aliphatic heterocycles. The summed E-state index contributed by atoms with van der Waals surface area (Å²) >= 11 is 0. The van der Waals surface area contributed by atoms with Crippen LogP contribution in [0.5, 0.6) is 5.75 Å². The smallest absolute Gasteiger partial charge is 0.430 e. The second-order valence-corrected chi connectivity index (χ2v) is 10.1. The summed E-state index contributed by atoms with van der Waals surface area (Å²) in [5.74, 6) is -3.81. The summed E-state index contributed by atoms with van der Waals surface area (Å²) in [6.07, 6.45) is 1.64. The van der Waals surface area contributed by atoms with E-state index in [-0.39, 0.29) is 11.3 Å². The van der Waals surface area contributed by atoms with E-state index in [0.717, 1.165) is 12.3 Å². The minimum absolute atomic E-state index is 0.0882. The molecule has 11 heteroatoms. The molecule has 6 rings (SSSR count). The van der Waals surface area contributed by atoms with Gasteiger partial charge in [0.15, 0.2) is 17.3 Å². The number of carbonyl (C=O) groups is 2. The van der Waals surface area contributed by atoms with Crippen LogP contribution >= 0.6 is 0 Å². The molecule has 0 aliphatic carbocycles. The van der Waals surface area contributed by atoms with Crippen LogP contribution in [0.1, 0.15) is 59.3 Å². The van der Waals surface area contributed by atoms with Crippen molar-refractivity contribution in [2.75, 3.05) is 19.8 Å². The second-order valence-electron chi connectivity index (χ2n) is 10.1. The molecule has 0 saturated carbocycles. The van der Waals surface area contributed by atoms with Gasteiger partial charge in [-0.3, -0.25) is 9.59 Å². The van der Waals surface area contributed by atoms with E-state index in [1.54, 1.807) is 29.2 Å². The highest BCUT2D eigenvalue weighted by atomic mass is 19.2. The van der Waals surface area contributed by atoms with Crippen LogP contribution in [0.15, 0.2) is 59.5 Å². The number of hydrogen-bond acceptors (Lipinski definition) is 7. The lowest BCUT2D eigenvalue weighted by molar-refractivity contribution is -0.0132. The number of aromatic nitrogens is 2. The summed E-state index contributed by atoms with van der Waals surface area (Å²) in [6.45, 7) is 1.25. The first kappa shape index (κ1) is 26.1. The van der Waals surface area contributed by atoms with Gasteiger partial charge in [-0.1, -0.05) is 42.5 Å². The van der Waals surface area contributed by atoms with Crippen molar-refractivity contribution in [1.82, 2.24) is 14.7 Å². The van der Waals surface area contributed by atoms with Crippen molar-refractivity contribution in [3.8, 4) is 5.75 Å². The maximum atomic E-state index is 15.4.